The molecule has 166 valence electrons. The van der Waals surface area contributed by atoms with Crippen LogP contribution in [-0.2, 0) is 4.79 Å². The van der Waals surface area contributed by atoms with Crippen molar-refractivity contribution >= 4 is 12.0 Å². The van der Waals surface area contributed by atoms with Crippen molar-refractivity contribution in [2.75, 3.05) is 13.7 Å². The molecule has 6 nitrogen and oxygen atoms in total. The summed E-state index contributed by atoms with van der Waals surface area (Å²) in [6, 6.07) is 14.2. The highest BCUT2D eigenvalue weighted by Gasteiger charge is 2.44. The standard InChI is InChI=1S/C24H29FN2O4/c1-16(2)21(25)24(3,29)22(23(28)27-30)26-14-6-7-17-10-12-18(13-11-17)19-8-5-9-20(15-19)31-4/h5-13,15,21-22,26,29-30H,1,14H2,2-4H3,(H,27,28). The van der Waals surface area contributed by atoms with E-state index in [1.165, 1.54) is 19.3 Å². The summed E-state index contributed by atoms with van der Waals surface area (Å²) in [5.74, 6) is -0.156. The van der Waals surface area contributed by atoms with E-state index in [-0.39, 0.29) is 12.1 Å². The van der Waals surface area contributed by atoms with Crippen molar-refractivity contribution in [3.63, 3.8) is 0 Å². The van der Waals surface area contributed by atoms with Gasteiger partial charge in [-0.05, 0) is 48.2 Å². The molecule has 2 aromatic carbocycles. The molecule has 7 heteroatoms. The van der Waals surface area contributed by atoms with Crippen LogP contribution in [0.15, 0.2) is 66.8 Å². The molecule has 31 heavy (non-hydrogen) atoms. The SMILES string of the molecule is C=C(C)C(F)C(C)(O)C(NCC=Cc1ccc(-c2cccc(OC)c2)cc1)C(=O)NO. The summed E-state index contributed by atoms with van der Waals surface area (Å²) in [7, 11) is 1.63. The number of ether oxygens (including phenoxy) is 1. The predicted octanol–water partition coefficient (Wildman–Crippen LogP) is 3.50. The lowest BCUT2D eigenvalue weighted by Gasteiger charge is -2.34. The number of aliphatic hydroxyl groups is 1. The molecule has 4 N–H and O–H groups in total. The molecule has 0 aliphatic rings. The average Bonchev–Trinajstić information content (AvgIpc) is 2.78. The maximum Gasteiger partial charge on any atom is 0.263 e. The number of nitrogens with one attached hydrogen (secondary N) is 2. The molecule has 0 aliphatic carbocycles. The monoisotopic (exact) mass is 428 g/mol. The first-order chi connectivity index (χ1) is 14.7. The molecule has 2 rings (SSSR count). The molecule has 0 heterocycles. The van der Waals surface area contributed by atoms with Crippen molar-refractivity contribution in [2.45, 2.75) is 31.7 Å². The minimum atomic E-state index is -2.09. The van der Waals surface area contributed by atoms with Crippen molar-refractivity contribution < 1.29 is 24.2 Å². The number of hydrogen-bond donors (Lipinski definition) is 4. The molecule has 0 saturated carbocycles. The highest BCUT2D eigenvalue weighted by molar-refractivity contribution is 5.82. The Hall–Kier alpha value is -3.00. The zero-order valence-corrected chi connectivity index (χ0v) is 17.9. The largest absolute Gasteiger partial charge is 0.497 e. The van der Waals surface area contributed by atoms with Crippen molar-refractivity contribution in [3.8, 4) is 16.9 Å². The van der Waals surface area contributed by atoms with Crippen LogP contribution in [0, 0.1) is 0 Å². The molecular weight excluding hydrogens is 399 g/mol. The van der Waals surface area contributed by atoms with Gasteiger partial charge >= 0.3 is 0 Å². The number of halogens is 1. The number of rotatable bonds is 10. The van der Waals surface area contributed by atoms with Gasteiger partial charge in [-0.3, -0.25) is 15.3 Å². The third-order valence-corrected chi connectivity index (χ3v) is 4.97. The van der Waals surface area contributed by atoms with E-state index in [1.807, 2.05) is 54.6 Å². The number of benzene rings is 2. The Kier molecular flexibility index (Phi) is 8.50. The van der Waals surface area contributed by atoms with Gasteiger partial charge < -0.3 is 9.84 Å². The van der Waals surface area contributed by atoms with Gasteiger partial charge in [-0.2, -0.15) is 0 Å². The molecule has 0 spiro atoms. The van der Waals surface area contributed by atoms with Gasteiger partial charge in [-0.15, -0.1) is 0 Å². The van der Waals surface area contributed by atoms with Crippen molar-refractivity contribution in [1.82, 2.24) is 10.8 Å². The molecule has 0 bridgehead atoms. The molecule has 0 fully saturated rings. The summed E-state index contributed by atoms with van der Waals surface area (Å²) in [5, 5.41) is 22.2. The van der Waals surface area contributed by atoms with Crippen LogP contribution in [0.1, 0.15) is 19.4 Å². The van der Waals surface area contributed by atoms with Gasteiger partial charge in [0.2, 0.25) is 0 Å². The van der Waals surface area contributed by atoms with Crippen molar-refractivity contribution in [2.24, 2.45) is 0 Å². The molecule has 0 saturated heterocycles. The quantitative estimate of drug-likeness (QED) is 0.264. The second-order valence-electron chi connectivity index (χ2n) is 7.51. The smallest absolute Gasteiger partial charge is 0.263 e. The van der Waals surface area contributed by atoms with Crippen molar-refractivity contribution in [3.05, 3.63) is 72.3 Å². The molecule has 0 aromatic heterocycles. The van der Waals surface area contributed by atoms with Crippen LogP contribution >= 0.6 is 0 Å². The first-order valence-corrected chi connectivity index (χ1v) is 9.81. The van der Waals surface area contributed by atoms with E-state index in [1.54, 1.807) is 13.2 Å². The molecule has 1 amide bonds. The average molecular weight is 429 g/mol. The Bertz CT molecular complexity index is 925. The van der Waals surface area contributed by atoms with E-state index in [2.05, 4.69) is 11.9 Å². The molecule has 0 aliphatic heterocycles. The van der Waals surface area contributed by atoms with E-state index < -0.39 is 23.7 Å². The Morgan fingerprint density at radius 2 is 1.94 bits per heavy atom. The fraction of sp³-hybridized carbons (Fsp3) is 0.292. The number of carbonyl (C=O) groups is 1. The normalized spacial score (nSPS) is 15.2. The molecule has 3 unspecified atom stereocenters. The van der Waals surface area contributed by atoms with Gasteiger partial charge in [-0.1, -0.05) is 55.1 Å². The third-order valence-electron chi connectivity index (χ3n) is 4.97. The number of hydrogen-bond acceptors (Lipinski definition) is 5. The second-order valence-corrected chi connectivity index (χ2v) is 7.51. The minimum Gasteiger partial charge on any atom is -0.497 e. The van der Waals surface area contributed by atoms with Gasteiger partial charge in [0.25, 0.3) is 5.91 Å². The summed E-state index contributed by atoms with van der Waals surface area (Å²) in [5.41, 5.74) is 2.45. The zero-order valence-electron chi connectivity index (χ0n) is 17.9. The van der Waals surface area contributed by atoms with E-state index >= 15 is 0 Å². The van der Waals surface area contributed by atoms with Crippen LogP contribution in [0.5, 0.6) is 5.75 Å². The number of hydroxylamine groups is 1. The fourth-order valence-corrected chi connectivity index (χ4v) is 3.24. The number of carbonyl (C=O) groups excluding carboxylic acids is 1. The summed E-state index contributed by atoms with van der Waals surface area (Å²) < 4.78 is 19.6. The van der Waals surface area contributed by atoms with Gasteiger partial charge in [0.15, 0.2) is 6.17 Å². The Balaban J connectivity index is 2.04. The Labute approximate surface area is 182 Å². The van der Waals surface area contributed by atoms with Crippen molar-refractivity contribution in [1.29, 1.82) is 0 Å². The highest BCUT2D eigenvalue weighted by atomic mass is 19.1. The maximum atomic E-state index is 14.4. The predicted molar refractivity (Wildman–Crippen MR) is 120 cm³/mol. The lowest BCUT2D eigenvalue weighted by atomic mass is 9.87. The van der Waals surface area contributed by atoms with Gasteiger partial charge in [0.05, 0.1) is 7.11 Å². The van der Waals surface area contributed by atoms with Crippen LogP contribution < -0.4 is 15.5 Å². The van der Waals surface area contributed by atoms with E-state index in [0.717, 1.165) is 22.4 Å². The van der Waals surface area contributed by atoms with E-state index in [0.29, 0.717) is 0 Å². The number of alkyl halides is 1. The van der Waals surface area contributed by atoms with E-state index in [9.17, 15) is 14.3 Å². The lowest BCUT2D eigenvalue weighted by Crippen LogP contribution is -2.61. The van der Waals surface area contributed by atoms with Crippen LogP contribution in [-0.4, -0.2) is 47.7 Å². The second kappa shape index (κ2) is 10.9. The molecule has 3 atom stereocenters. The van der Waals surface area contributed by atoms with Gasteiger partial charge in [0.1, 0.15) is 17.4 Å². The zero-order chi connectivity index (χ0) is 23.0. The number of methoxy groups -OCH3 is 1. The number of amides is 1. The van der Waals surface area contributed by atoms with Crippen LogP contribution in [0.3, 0.4) is 0 Å². The van der Waals surface area contributed by atoms with E-state index in [4.69, 9.17) is 9.94 Å². The summed E-state index contributed by atoms with van der Waals surface area (Å²) in [4.78, 5) is 12.0. The first kappa shape index (κ1) is 24.3. The van der Waals surface area contributed by atoms with Crippen LogP contribution in [0.4, 0.5) is 4.39 Å². The third kappa shape index (κ3) is 6.24. The maximum absolute atomic E-state index is 14.4. The summed E-state index contributed by atoms with van der Waals surface area (Å²) in [6.45, 7) is 6.25. The van der Waals surface area contributed by atoms with Crippen LogP contribution in [0.25, 0.3) is 17.2 Å². The minimum absolute atomic E-state index is 0.0780. The summed E-state index contributed by atoms with van der Waals surface area (Å²) >= 11 is 0. The fourth-order valence-electron chi connectivity index (χ4n) is 3.24. The molecule has 2 aromatic rings. The highest BCUT2D eigenvalue weighted by Crippen LogP contribution is 2.25. The Morgan fingerprint density at radius 3 is 2.52 bits per heavy atom. The molecular formula is C24H29FN2O4. The van der Waals surface area contributed by atoms with Gasteiger partial charge in [0, 0.05) is 6.54 Å². The topological polar surface area (TPSA) is 90.8 Å². The molecule has 0 radical (unpaired) electrons. The summed E-state index contributed by atoms with van der Waals surface area (Å²) in [6.07, 6.45) is 1.72. The van der Waals surface area contributed by atoms with Gasteiger partial charge in [-0.25, -0.2) is 9.87 Å². The Morgan fingerprint density at radius 1 is 1.26 bits per heavy atom. The first-order valence-electron chi connectivity index (χ1n) is 9.81. The lowest BCUT2D eigenvalue weighted by molar-refractivity contribution is -0.140. The van der Waals surface area contributed by atoms with Crippen LogP contribution in [0.2, 0.25) is 0 Å².